The quantitative estimate of drug-likeness (QED) is 0.840. The van der Waals surface area contributed by atoms with Crippen molar-refractivity contribution in [3.05, 3.63) is 71.3 Å². The third-order valence-electron chi connectivity index (χ3n) is 4.05. The number of carbonyl (C=O) groups excluding carboxylic acids is 2. The lowest BCUT2D eigenvalue weighted by atomic mass is 10.1. The van der Waals surface area contributed by atoms with Crippen molar-refractivity contribution in [3.63, 3.8) is 0 Å². The Bertz CT molecular complexity index is 848. The van der Waals surface area contributed by atoms with E-state index < -0.39 is 11.7 Å². The number of aromatic nitrogens is 1. The van der Waals surface area contributed by atoms with Crippen molar-refractivity contribution in [2.45, 2.75) is 25.8 Å². The van der Waals surface area contributed by atoms with Crippen LogP contribution in [0.15, 0.2) is 48.7 Å². The van der Waals surface area contributed by atoms with Crippen molar-refractivity contribution in [2.75, 3.05) is 5.32 Å². The minimum absolute atomic E-state index is 0.0365. The van der Waals surface area contributed by atoms with E-state index >= 15 is 0 Å². The van der Waals surface area contributed by atoms with Gasteiger partial charge in [-0.05, 0) is 49.6 Å². The van der Waals surface area contributed by atoms with Crippen LogP contribution in [0.1, 0.15) is 39.3 Å². The van der Waals surface area contributed by atoms with Gasteiger partial charge in [0.2, 0.25) is 0 Å². The number of pyridine rings is 1. The molecular weight excluding hydrogens is 321 g/mol. The fourth-order valence-corrected chi connectivity index (χ4v) is 2.64. The van der Waals surface area contributed by atoms with Crippen LogP contribution in [0.2, 0.25) is 0 Å². The summed E-state index contributed by atoms with van der Waals surface area (Å²) in [4.78, 5) is 28.3. The Kier molecular flexibility index (Phi) is 4.88. The summed E-state index contributed by atoms with van der Waals surface area (Å²) in [5.41, 5.74) is 1.36. The molecule has 1 aromatic heterocycles. The molecule has 0 saturated carbocycles. The fraction of sp³-hybridized carbons (Fsp3) is 0.211. The highest BCUT2D eigenvalue weighted by atomic mass is 19.1. The Balaban J connectivity index is 1.77. The first-order chi connectivity index (χ1) is 12.0. The monoisotopic (exact) mass is 339 g/mol. The van der Waals surface area contributed by atoms with Crippen LogP contribution in [-0.2, 0) is 0 Å². The second-order valence-corrected chi connectivity index (χ2v) is 5.90. The molecule has 5 nitrogen and oxygen atoms in total. The third kappa shape index (κ3) is 3.91. The number of carbonyl (C=O) groups is 2. The van der Waals surface area contributed by atoms with Crippen LogP contribution in [0.3, 0.4) is 0 Å². The summed E-state index contributed by atoms with van der Waals surface area (Å²) < 4.78 is 13.7. The molecule has 1 aliphatic carbocycles. The number of hydrogen-bond donors (Lipinski definition) is 2. The SMILES string of the molecule is Cc1ccc(C(=O)NC2C=CCC2)cc1NC(=O)c1ncccc1F. The summed E-state index contributed by atoms with van der Waals surface area (Å²) in [7, 11) is 0. The highest BCUT2D eigenvalue weighted by Gasteiger charge is 2.17. The Morgan fingerprint density at radius 3 is 2.80 bits per heavy atom. The Morgan fingerprint density at radius 1 is 1.24 bits per heavy atom. The number of nitrogens with zero attached hydrogens (tertiary/aromatic N) is 1. The van der Waals surface area contributed by atoms with Gasteiger partial charge in [-0.15, -0.1) is 0 Å². The highest BCUT2D eigenvalue weighted by molar-refractivity contribution is 6.04. The molecule has 0 aliphatic heterocycles. The fourth-order valence-electron chi connectivity index (χ4n) is 2.64. The molecule has 128 valence electrons. The van der Waals surface area contributed by atoms with Crippen LogP contribution in [0.5, 0.6) is 0 Å². The molecule has 6 heteroatoms. The first-order valence-electron chi connectivity index (χ1n) is 8.04. The normalized spacial score (nSPS) is 15.8. The maximum absolute atomic E-state index is 13.7. The molecule has 0 saturated heterocycles. The standard InChI is InChI=1S/C19H18FN3O2/c1-12-8-9-13(18(24)22-14-5-2-3-6-14)11-16(12)23-19(25)17-15(20)7-4-10-21-17/h2,4-5,7-11,14H,3,6H2,1H3,(H,22,24)(H,23,25). The smallest absolute Gasteiger partial charge is 0.277 e. The minimum atomic E-state index is -0.695. The predicted molar refractivity (Wildman–Crippen MR) is 93.0 cm³/mol. The number of hydrogen-bond acceptors (Lipinski definition) is 3. The van der Waals surface area contributed by atoms with Crippen molar-refractivity contribution >= 4 is 17.5 Å². The minimum Gasteiger partial charge on any atom is -0.346 e. The van der Waals surface area contributed by atoms with E-state index in [1.807, 2.05) is 12.2 Å². The van der Waals surface area contributed by atoms with E-state index in [2.05, 4.69) is 15.6 Å². The first kappa shape index (κ1) is 16.8. The number of amides is 2. The largest absolute Gasteiger partial charge is 0.346 e. The topological polar surface area (TPSA) is 71.1 Å². The zero-order valence-electron chi connectivity index (χ0n) is 13.8. The molecule has 25 heavy (non-hydrogen) atoms. The molecule has 0 bridgehead atoms. The van der Waals surface area contributed by atoms with Gasteiger partial charge in [0.1, 0.15) is 0 Å². The van der Waals surface area contributed by atoms with Gasteiger partial charge < -0.3 is 10.6 Å². The molecular formula is C19H18FN3O2. The zero-order valence-corrected chi connectivity index (χ0v) is 13.8. The van der Waals surface area contributed by atoms with Crippen LogP contribution in [-0.4, -0.2) is 22.8 Å². The van der Waals surface area contributed by atoms with E-state index in [0.717, 1.165) is 18.4 Å². The van der Waals surface area contributed by atoms with E-state index in [1.54, 1.807) is 25.1 Å². The van der Waals surface area contributed by atoms with Gasteiger partial charge in [-0.1, -0.05) is 18.2 Å². The van der Waals surface area contributed by atoms with Gasteiger partial charge in [-0.3, -0.25) is 9.59 Å². The third-order valence-corrected chi connectivity index (χ3v) is 4.05. The number of halogens is 1. The molecule has 3 rings (SSSR count). The van der Waals surface area contributed by atoms with Crippen LogP contribution in [0.4, 0.5) is 10.1 Å². The van der Waals surface area contributed by atoms with Gasteiger partial charge in [0.25, 0.3) is 11.8 Å². The lowest BCUT2D eigenvalue weighted by molar-refractivity contribution is 0.0942. The number of rotatable bonds is 4. The van der Waals surface area contributed by atoms with Crippen molar-refractivity contribution in [1.82, 2.24) is 10.3 Å². The Morgan fingerprint density at radius 2 is 2.08 bits per heavy atom. The molecule has 1 unspecified atom stereocenters. The summed E-state index contributed by atoms with van der Waals surface area (Å²) >= 11 is 0. The second-order valence-electron chi connectivity index (χ2n) is 5.90. The van der Waals surface area contributed by atoms with Crippen molar-refractivity contribution < 1.29 is 14.0 Å². The summed E-state index contributed by atoms with van der Waals surface area (Å²) in [5, 5.41) is 5.55. The Hall–Kier alpha value is -3.02. The number of anilines is 1. The second kappa shape index (κ2) is 7.25. The van der Waals surface area contributed by atoms with Gasteiger partial charge in [0.05, 0.1) is 0 Å². The van der Waals surface area contributed by atoms with E-state index in [-0.39, 0.29) is 17.6 Å². The maximum atomic E-state index is 13.7. The van der Waals surface area contributed by atoms with Gasteiger partial charge in [-0.25, -0.2) is 9.37 Å². The van der Waals surface area contributed by atoms with Crippen molar-refractivity contribution in [2.24, 2.45) is 0 Å². The van der Waals surface area contributed by atoms with E-state index in [9.17, 15) is 14.0 Å². The van der Waals surface area contributed by atoms with Gasteiger partial charge in [-0.2, -0.15) is 0 Å². The summed E-state index contributed by atoms with van der Waals surface area (Å²) in [6.45, 7) is 1.80. The zero-order chi connectivity index (χ0) is 17.8. The van der Waals surface area contributed by atoms with Crippen LogP contribution < -0.4 is 10.6 Å². The lowest BCUT2D eigenvalue weighted by Gasteiger charge is -2.13. The molecule has 2 amide bonds. The highest BCUT2D eigenvalue weighted by Crippen LogP contribution is 2.19. The van der Waals surface area contributed by atoms with E-state index in [1.165, 1.54) is 18.3 Å². The number of aryl methyl sites for hydroxylation is 1. The average Bonchev–Trinajstić information content (AvgIpc) is 3.10. The molecule has 0 fully saturated rings. The Labute approximate surface area is 145 Å². The first-order valence-corrected chi connectivity index (χ1v) is 8.04. The summed E-state index contributed by atoms with van der Waals surface area (Å²) in [6.07, 6.45) is 7.20. The lowest BCUT2D eigenvalue weighted by Crippen LogP contribution is -2.32. The van der Waals surface area contributed by atoms with Crippen LogP contribution >= 0.6 is 0 Å². The van der Waals surface area contributed by atoms with E-state index in [4.69, 9.17) is 0 Å². The number of benzene rings is 1. The van der Waals surface area contributed by atoms with Crippen LogP contribution in [0.25, 0.3) is 0 Å². The summed E-state index contributed by atoms with van der Waals surface area (Å²) in [5.74, 6) is -1.56. The molecule has 1 aliphatic rings. The number of nitrogens with one attached hydrogen (secondary N) is 2. The predicted octanol–water partition coefficient (Wildman–Crippen LogP) is 3.23. The van der Waals surface area contributed by atoms with Crippen LogP contribution in [0, 0.1) is 12.7 Å². The maximum Gasteiger partial charge on any atom is 0.277 e. The van der Waals surface area contributed by atoms with E-state index in [0.29, 0.717) is 11.3 Å². The van der Waals surface area contributed by atoms with Gasteiger partial charge in [0.15, 0.2) is 11.5 Å². The molecule has 2 N–H and O–H groups in total. The molecule has 1 aromatic carbocycles. The molecule has 2 aromatic rings. The van der Waals surface area contributed by atoms with Crippen molar-refractivity contribution in [3.8, 4) is 0 Å². The molecule has 1 heterocycles. The molecule has 0 radical (unpaired) electrons. The van der Waals surface area contributed by atoms with Gasteiger partial charge >= 0.3 is 0 Å². The summed E-state index contributed by atoms with van der Waals surface area (Å²) in [6, 6.07) is 7.65. The average molecular weight is 339 g/mol. The number of allylic oxidation sites excluding steroid dienone is 1. The van der Waals surface area contributed by atoms with Gasteiger partial charge in [0, 0.05) is 23.5 Å². The van der Waals surface area contributed by atoms with Crippen molar-refractivity contribution in [1.29, 1.82) is 0 Å². The molecule has 1 atom stereocenters. The molecule has 0 spiro atoms.